The minimum absolute atomic E-state index is 0.0926. The summed E-state index contributed by atoms with van der Waals surface area (Å²) < 4.78 is 0. The van der Waals surface area contributed by atoms with Crippen molar-refractivity contribution in [3.8, 4) is 0 Å². The van der Waals surface area contributed by atoms with Crippen LogP contribution in [0.2, 0.25) is 0 Å². The summed E-state index contributed by atoms with van der Waals surface area (Å²) in [5.74, 6) is -0.982. The summed E-state index contributed by atoms with van der Waals surface area (Å²) in [6.07, 6.45) is 1.11. The number of amides is 1. The maximum absolute atomic E-state index is 12.4. The molecule has 2 unspecified atom stereocenters. The fraction of sp³-hybridized carbons (Fsp3) is 0.333. The number of aryl methyl sites for hydroxylation is 1. The Labute approximate surface area is 139 Å². The first-order chi connectivity index (χ1) is 11.1. The van der Waals surface area contributed by atoms with Crippen LogP contribution in [0.5, 0.6) is 0 Å². The van der Waals surface area contributed by atoms with E-state index in [9.17, 15) is 14.7 Å². The zero-order valence-electron chi connectivity index (χ0n) is 12.9. The lowest BCUT2D eigenvalue weighted by molar-refractivity contribution is -0.142. The van der Waals surface area contributed by atoms with Crippen molar-refractivity contribution in [2.45, 2.75) is 31.7 Å². The second-order valence-electron chi connectivity index (χ2n) is 6.01. The minimum Gasteiger partial charge on any atom is -0.480 e. The molecular weight excluding hydrogens is 310 g/mol. The van der Waals surface area contributed by atoms with E-state index >= 15 is 0 Å². The number of carbonyl (C=O) groups is 2. The summed E-state index contributed by atoms with van der Waals surface area (Å²) in [6.45, 7) is 2.05. The number of carboxylic acids is 1. The monoisotopic (exact) mass is 329 g/mol. The number of nitrogens with one attached hydrogen (secondary N) is 1. The molecule has 3 atom stereocenters. The van der Waals surface area contributed by atoms with E-state index < -0.39 is 12.0 Å². The van der Waals surface area contributed by atoms with Gasteiger partial charge in [-0.1, -0.05) is 30.3 Å². The molecular formula is C18H19NO3S. The summed E-state index contributed by atoms with van der Waals surface area (Å²) in [7, 11) is 0. The average molecular weight is 329 g/mol. The number of hydrogen-bond acceptors (Lipinski definition) is 3. The molecule has 1 aliphatic carbocycles. The van der Waals surface area contributed by atoms with Gasteiger partial charge in [-0.05, 0) is 35.9 Å². The number of thiophene rings is 1. The highest BCUT2D eigenvalue weighted by molar-refractivity contribution is 7.10. The van der Waals surface area contributed by atoms with Crippen LogP contribution < -0.4 is 5.32 Å². The highest BCUT2D eigenvalue weighted by Gasteiger charge is 2.46. The van der Waals surface area contributed by atoms with Gasteiger partial charge in [-0.15, -0.1) is 11.3 Å². The fourth-order valence-corrected chi connectivity index (χ4v) is 3.98. The first-order valence-electron chi connectivity index (χ1n) is 7.67. The molecule has 2 N–H and O–H groups in total. The van der Waals surface area contributed by atoms with Crippen LogP contribution in [-0.4, -0.2) is 23.0 Å². The molecule has 5 heteroatoms. The molecule has 3 rings (SSSR count). The predicted octanol–water partition coefficient (Wildman–Crippen LogP) is 2.97. The number of carboxylic acid groups (broad SMARTS) is 1. The quantitative estimate of drug-likeness (QED) is 0.856. The number of benzene rings is 1. The van der Waals surface area contributed by atoms with E-state index in [4.69, 9.17) is 0 Å². The van der Waals surface area contributed by atoms with Crippen LogP contribution in [0.1, 0.15) is 28.3 Å². The van der Waals surface area contributed by atoms with Crippen LogP contribution in [0.4, 0.5) is 0 Å². The molecule has 1 aliphatic rings. The van der Waals surface area contributed by atoms with Crippen LogP contribution in [0.15, 0.2) is 41.8 Å². The molecule has 1 fully saturated rings. The summed E-state index contributed by atoms with van der Waals surface area (Å²) in [5, 5.41) is 14.1. The van der Waals surface area contributed by atoms with Gasteiger partial charge >= 0.3 is 5.97 Å². The Morgan fingerprint density at radius 1 is 1.30 bits per heavy atom. The number of aliphatic carboxylic acids is 1. The molecule has 2 aromatic rings. The van der Waals surface area contributed by atoms with E-state index in [1.165, 1.54) is 10.4 Å². The second kappa shape index (κ2) is 6.54. The molecule has 1 aromatic carbocycles. The van der Waals surface area contributed by atoms with Crippen molar-refractivity contribution >= 4 is 23.2 Å². The van der Waals surface area contributed by atoms with E-state index in [1.54, 1.807) is 11.3 Å². The van der Waals surface area contributed by atoms with E-state index in [-0.39, 0.29) is 17.7 Å². The zero-order valence-corrected chi connectivity index (χ0v) is 13.7. The van der Waals surface area contributed by atoms with E-state index in [1.807, 2.05) is 35.7 Å². The Kier molecular flexibility index (Phi) is 4.48. The number of carbonyl (C=O) groups excluding carboxylic acids is 1. The van der Waals surface area contributed by atoms with Gasteiger partial charge in [-0.2, -0.15) is 0 Å². The number of hydrogen-bond donors (Lipinski definition) is 2. The summed E-state index contributed by atoms with van der Waals surface area (Å²) in [6, 6.07) is 10.5. The van der Waals surface area contributed by atoms with Crippen molar-refractivity contribution in [3.05, 3.63) is 57.8 Å². The second-order valence-corrected chi connectivity index (χ2v) is 6.95. The molecule has 1 aromatic heterocycles. The van der Waals surface area contributed by atoms with Crippen LogP contribution in [0.3, 0.4) is 0 Å². The maximum Gasteiger partial charge on any atom is 0.326 e. The topological polar surface area (TPSA) is 66.4 Å². The lowest BCUT2D eigenvalue weighted by Crippen LogP contribution is -2.43. The van der Waals surface area contributed by atoms with Crippen LogP contribution in [0.25, 0.3) is 0 Å². The Hall–Kier alpha value is -2.14. The van der Waals surface area contributed by atoms with Crippen LogP contribution >= 0.6 is 11.3 Å². The normalized spacial score (nSPS) is 20.7. The van der Waals surface area contributed by atoms with E-state index in [2.05, 4.69) is 18.3 Å². The smallest absolute Gasteiger partial charge is 0.326 e. The van der Waals surface area contributed by atoms with Crippen molar-refractivity contribution in [1.82, 2.24) is 5.32 Å². The SMILES string of the molecule is Cc1ccsc1C1CC1C(=O)N[C@H](Cc1ccccc1)C(=O)O. The average Bonchev–Trinajstić information content (AvgIpc) is 3.22. The Morgan fingerprint density at radius 2 is 2.04 bits per heavy atom. The molecule has 120 valence electrons. The summed E-state index contributed by atoms with van der Waals surface area (Å²) in [5.41, 5.74) is 2.12. The summed E-state index contributed by atoms with van der Waals surface area (Å²) >= 11 is 1.67. The molecule has 1 amide bonds. The lowest BCUT2D eigenvalue weighted by Gasteiger charge is -2.14. The largest absolute Gasteiger partial charge is 0.480 e. The molecule has 0 saturated heterocycles. The molecule has 4 nitrogen and oxygen atoms in total. The van der Waals surface area contributed by atoms with Gasteiger partial charge in [0, 0.05) is 23.1 Å². The fourth-order valence-electron chi connectivity index (χ4n) is 2.87. The predicted molar refractivity (Wildman–Crippen MR) is 89.6 cm³/mol. The third kappa shape index (κ3) is 3.62. The molecule has 0 aliphatic heterocycles. The van der Waals surface area contributed by atoms with Crippen molar-refractivity contribution in [1.29, 1.82) is 0 Å². The maximum atomic E-state index is 12.4. The van der Waals surface area contributed by atoms with Gasteiger partial charge in [0.1, 0.15) is 6.04 Å². The Bertz CT molecular complexity index is 710. The van der Waals surface area contributed by atoms with Gasteiger partial charge in [0.15, 0.2) is 0 Å². The van der Waals surface area contributed by atoms with Crippen molar-refractivity contribution < 1.29 is 14.7 Å². The highest BCUT2D eigenvalue weighted by Crippen LogP contribution is 2.50. The van der Waals surface area contributed by atoms with Gasteiger partial charge < -0.3 is 10.4 Å². The van der Waals surface area contributed by atoms with Crippen molar-refractivity contribution in [2.24, 2.45) is 5.92 Å². The lowest BCUT2D eigenvalue weighted by atomic mass is 10.1. The minimum atomic E-state index is -0.994. The summed E-state index contributed by atoms with van der Waals surface area (Å²) in [4.78, 5) is 25.0. The first-order valence-corrected chi connectivity index (χ1v) is 8.55. The van der Waals surface area contributed by atoms with Crippen LogP contribution in [0, 0.1) is 12.8 Å². The Morgan fingerprint density at radius 3 is 2.65 bits per heavy atom. The standard InChI is InChI=1S/C18H19NO3S/c1-11-7-8-23-16(11)13-10-14(13)17(20)19-15(18(21)22)9-12-5-3-2-4-6-12/h2-8,13-15H,9-10H2,1H3,(H,19,20)(H,21,22)/t13?,14?,15-/m1/s1. The first kappa shape index (κ1) is 15.7. The molecule has 0 radical (unpaired) electrons. The number of rotatable bonds is 6. The third-order valence-electron chi connectivity index (χ3n) is 4.26. The highest BCUT2D eigenvalue weighted by atomic mass is 32.1. The van der Waals surface area contributed by atoms with Crippen molar-refractivity contribution in [3.63, 3.8) is 0 Å². The third-order valence-corrected chi connectivity index (χ3v) is 5.41. The van der Waals surface area contributed by atoms with Gasteiger partial charge in [0.25, 0.3) is 0 Å². The Balaban J connectivity index is 1.62. The molecule has 0 bridgehead atoms. The van der Waals surface area contributed by atoms with E-state index in [0.29, 0.717) is 6.42 Å². The van der Waals surface area contributed by atoms with Crippen LogP contribution in [-0.2, 0) is 16.0 Å². The zero-order chi connectivity index (χ0) is 16.4. The van der Waals surface area contributed by atoms with Gasteiger partial charge in [0.2, 0.25) is 5.91 Å². The van der Waals surface area contributed by atoms with E-state index in [0.717, 1.165) is 12.0 Å². The van der Waals surface area contributed by atoms with Gasteiger partial charge in [-0.3, -0.25) is 4.79 Å². The van der Waals surface area contributed by atoms with Gasteiger partial charge in [0.05, 0.1) is 0 Å². The van der Waals surface area contributed by atoms with Crippen molar-refractivity contribution in [2.75, 3.05) is 0 Å². The molecule has 0 spiro atoms. The molecule has 1 saturated carbocycles. The molecule has 23 heavy (non-hydrogen) atoms. The molecule has 1 heterocycles. The van der Waals surface area contributed by atoms with Gasteiger partial charge in [-0.25, -0.2) is 4.79 Å².